The lowest BCUT2D eigenvalue weighted by Gasteiger charge is -2.12. The van der Waals surface area contributed by atoms with E-state index in [0.29, 0.717) is 15.9 Å². The van der Waals surface area contributed by atoms with Crippen LogP contribution in [0.3, 0.4) is 0 Å². The average Bonchev–Trinajstić information content (AvgIpc) is 2.52. The Labute approximate surface area is 153 Å². The number of hydrogen-bond donors (Lipinski definition) is 2. The van der Waals surface area contributed by atoms with E-state index in [4.69, 9.17) is 40.5 Å². The van der Waals surface area contributed by atoms with Gasteiger partial charge in [-0.2, -0.15) is 0 Å². The number of pyridine rings is 1. The molecule has 2 aromatic carbocycles. The van der Waals surface area contributed by atoms with E-state index >= 15 is 0 Å². The molecule has 0 aliphatic rings. The molecule has 0 radical (unpaired) electrons. The monoisotopic (exact) mass is 401 g/mol. The molecule has 5 nitrogen and oxygen atoms in total. The SMILES string of the molecule is Nc1c(Cl)cc(NS(=O)(=O)c2ccc(Cl)c3ncccc23)cc1Cl. The molecular weight excluding hydrogens is 393 g/mol. The van der Waals surface area contributed by atoms with Gasteiger partial charge < -0.3 is 5.73 Å². The first kappa shape index (κ1) is 17.1. The lowest BCUT2D eigenvalue weighted by Crippen LogP contribution is -2.13. The minimum atomic E-state index is -3.91. The first-order valence-electron chi connectivity index (χ1n) is 6.60. The van der Waals surface area contributed by atoms with Gasteiger partial charge in [0.25, 0.3) is 10.0 Å². The third-order valence-corrected chi connectivity index (χ3v) is 5.67. The minimum absolute atomic E-state index is 0.0408. The van der Waals surface area contributed by atoms with Crippen LogP contribution in [0.1, 0.15) is 0 Å². The minimum Gasteiger partial charge on any atom is -0.396 e. The van der Waals surface area contributed by atoms with E-state index in [1.165, 1.54) is 30.5 Å². The normalized spacial score (nSPS) is 11.6. The van der Waals surface area contributed by atoms with Gasteiger partial charge in [-0.25, -0.2) is 8.42 Å². The highest BCUT2D eigenvalue weighted by Crippen LogP contribution is 2.33. The molecule has 0 bridgehead atoms. The lowest BCUT2D eigenvalue weighted by atomic mass is 10.2. The zero-order valence-electron chi connectivity index (χ0n) is 11.9. The van der Waals surface area contributed by atoms with Crippen LogP contribution in [0.2, 0.25) is 15.1 Å². The highest BCUT2D eigenvalue weighted by Gasteiger charge is 2.20. The van der Waals surface area contributed by atoms with Gasteiger partial charge in [0.2, 0.25) is 0 Å². The highest BCUT2D eigenvalue weighted by molar-refractivity contribution is 7.93. The van der Waals surface area contributed by atoms with Crippen LogP contribution >= 0.6 is 34.8 Å². The van der Waals surface area contributed by atoms with Gasteiger partial charge in [-0.15, -0.1) is 0 Å². The van der Waals surface area contributed by atoms with E-state index in [0.717, 1.165) is 0 Å². The standard InChI is InChI=1S/C15H10Cl3N3O2S/c16-10-3-4-13(9-2-1-5-20-15(9)10)24(22,23)21-8-6-11(17)14(19)12(18)7-8/h1-7,21H,19H2. The highest BCUT2D eigenvalue weighted by atomic mass is 35.5. The third kappa shape index (κ3) is 3.10. The topological polar surface area (TPSA) is 85.1 Å². The van der Waals surface area contributed by atoms with E-state index in [1.54, 1.807) is 12.1 Å². The van der Waals surface area contributed by atoms with E-state index in [1.807, 2.05) is 0 Å². The number of nitrogens with one attached hydrogen (secondary N) is 1. The number of fused-ring (bicyclic) bond motifs is 1. The first-order valence-corrected chi connectivity index (χ1v) is 9.22. The van der Waals surface area contributed by atoms with Crippen molar-refractivity contribution in [3.63, 3.8) is 0 Å². The third-order valence-electron chi connectivity index (χ3n) is 3.30. The molecule has 0 atom stereocenters. The summed E-state index contributed by atoms with van der Waals surface area (Å²) in [7, 11) is -3.91. The van der Waals surface area contributed by atoms with Crippen molar-refractivity contribution in [3.05, 3.63) is 57.7 Å². The predicted molar refractivity (Wildman–Crippen MR) is 98.4 cm³/mol. The van der Waals surface area contributed by atoms with Gasteiger partial charge in [0.15, 0.2) is 0 Å². The molecule has 0 amide bonds. The van der Waals surface area contributed by atoms with Crippen LogP contribution in [0.25, 0.3) is 10.9 Å². The van der Waals surface area contributed by atoms with Crippen LogP contribution in [-0.4, -0.2) is 13.4 Å². The second kappa shape index (κ2) is 6.29. The fourth-order valence-corrected chi connectivity index (χ4v) is 4.14. The van der Waals surface area contributed by atoms with Crippen molar-refractivity contribution in [1.82, 2.24) is 4.98 Å². The van der Waals surface area contributed by atoms with Crippen LogP contribution in [0.15, 0.2) is 47.5 Å². The zero-order chi connectivity index (χ0) is 17.5. The van der Waals surface area contributed by atoms with Gasteiger partial charge in [-0.3, -0.25) is 9.71 Å². The fourth-order valence-electron chi connectivity index (χ4n) is 2.20. The molecule has 3 aromatic rings. The smallest absolute Gasteiger partial charge is 0.262 e. The maximum atomic E-state index is 12.7. The van der Waals surface area contributed by atoms with Gasteiger partial charge in [0.05, 0.1) is 36.9 Å². The molecule has 9 heteroatoms. The van der Waals surface area contributed by atoms with Gasteiger partial charge in [0, 0.05) is 11.6 Å². The Morgan fingerprint density at radius 3 is 2.33 bits per heavy atom. The summed E-state index contributed by atoms with van der Waals surface area (Å²) in [6, 6.07) is 8.93. The summed E-state index contributed by atoms with van der Waals surface area (Å²) in [4.78, 5) is 4.16. The molecule has 3 rings (SSSR count). The number of nitrogens with two attached hydrogens (primary N) is 1. The van der Waals surface area contributed by atoms with E-state index in [2.05, 4.69) is 9.71 Å². The number of halogens is 3. The van der Waals surface area contributed by atoms with Crippen LogP contribution < -0.4 is 10.5 Å². The molecule has 0 spiro atoms. The number of aromatic nitrogens is 1. The van der Waals surface area contributed by atoms with Crippen LogP contribution in [0.5, 0.6) is 0 Å². The Balaban J connectivity index is 2.11. The van der Waals surface area contributed by atoms with Crippen LogP contribution in [0, 0.1) is 0 Å². The molecule has 0 fully saturated rings. The average molecular weight is 403 g/mol. The zero-order valence-corrected chi connectivity index (χ0v) is 15.0. The Kier molecular flexibility index (Phi) is 4.48. The summed E-state index contributed by atoms with van der Waals surface area (Å²) in [6.07, 6.45) is 1.54. The van der Waals surface area contributed by atoms with E-state index in [9.17, 15) is 8.42 Å². The molecule has 0 saturated heterocycles. The van der Waals surface area contributed by atoms with Crippen molar-refractivity contribution in [1.29, 1.82) is 0 Å². The largest absolute Gasteiger partial charge is 0.396 e. The maximum Gasteiger partial charge on any atom is 0.262 e. The van der Waals surface area contributed by atoms with Crippen molar-refractivity contribution in [2.75, 3.05) is 10.5 Å². The molecular formula is C15H10Cl3N3O2S. The Morgan fingerprint density at radius 1 is 1.00 bits per heavy atom. The number of anilines is 2. The molecule has 0 saturated carbocycles. The van der Waals surface area contributed by atoms with Crippen LogP contribution in [0.4, 0.5) is 11.4 Å². The molecule has 1 heterocycles. The molecule has 0 aliphatic carbocycles. The van der Waals surface area contributed by atoms with Gasteiger partial charge in [-0.1, -0.05) is 34.8 Å². The van der Waals surface area contributed by atoms with Gasteiger partial charge >= 0.3 is 0 Å². The Bertz CT molecular complexity index is 1030. The fraction of sp³-hybridized carbons (Fsp3) is 0. The molecule has 0 unspecified atom stereocenters. The predicted octanol–water partition coefficient (Wildman–Crippen LogP) is 4.58. The molecule has 24 heavy (non-hydrogen) atoms. The summed E-state index contributed by atoms with van der Waals surface area (Å²) >= 11 is 17.9. The molecule has 1 aromatic heterocycles. The second-order valence-electron chi connectivity index (χ2n) is 4.90. The number of sulfonamides is 1. The van der Waals surface area contributed by atoms with Crippen molar-refractivity contribution in [2.45, 2.75) is 4.90 Å². The lowest BCUT2D eigenvalue weighted by molar-refractivity contribution is 0.602. The van der Waals surface area contributed by atoms with Crippen molar-refractivity contribution >= 4 is 67.1 Å². The Hall–Kier alpha value is -1.73. The summed E-state index contributed by atoms with van der Waals surface area (Å²) in [5, 5.41) is 1.08. The first-order chi connectivity index (χ1) is 11.3. The number of hydrogen-bond acceptors (Lipinski definition) is 4. The van der Waals surface area contributed by atoms with Crippen molar-refractivity contribution in [3.8, 4) is 0 Å². The molecule has 124 valence electrons. The number of rotatable bonds is 3. The summed E-state index contributed by atoms with van der Waals surface area (Å²) in [6.45, 7) is 0. The summed E-state index contributed by atoms with van der Waals surface area (Å²) in [5.74, 6) is 0. The second-order valence-corrected chi connectivity index (χ2v) is 7.78. The van der Waals surface area contributed by atoms with Crippen molar-refractivity contribution < 1.29 is 8.42 Å². The van der Waals surface area contributed by atoms with E-state index < -0.39 is 10.0 Å². The summed E-state index contributed by atoms with van der Waals surface area (Å²) < 4.78 is 27.9. The number of nitrogen functional groups attached to an aromatic ring is 1. The van der Waals surface area contributed by atoms with Gasteiger partial charge in [-0.05, 0) is 36.4 Å². The van der Waals surface area contributed by atoms with Gasteiger partial charge in [0.1, 0.15) is 0 Å². The number of nitrogens with zero attached hydrogens (tertiary/aromatic N) is 1. The number of benzene rings is 2. The maximum absolute atomic E-state index is 12.7. The quantitative estimate of drug-likeness (QED) is 0.628. The van der Waals surface area contributed by atoms with Crippen LogP contribution in [-0.2, 0) is 10.0 Å². The Morgan fingerprint density at radius 2 is 1.67 bits per heavy atom. The van der Waals surface area contributed by atoms with E-state index in [-0.39, 0.29) is 26.3 Å². The van der Waals surface area contributed by atoms with Crippen molar-refractivity contribution in [2.24, 2.45) is 0 Å². The molecule has 0 aliphatic heterocycles. The molecule has 3 N–H and O–H groups in total. The summed E-state index contributed by atoms with van der Waals surface area (Å²) in [5.41, 5.74) is 6.43.